The first-order valence-corrected chi connectivity index (χ1v) is 7.96. The second-order valence-corrected chi connectivity index (χ2v) is 7.93. The lowest BCUT2D eigenvalue weighted by Gasteiger charge is -2.57. The normalized spacial score (nSPS) is 36.5. The van der Waals surface area contributed by atoms with Gasteiger partial charge in [0, 0.05) is 0 Å². The fourth-order valence-electron chi connectivity index (χ4n) is 4.98. The lowest BCUT2D eigenvalue weighted by molar-refractivity contribution is -0.00597. The zero-order valence-electron chi connectivity index (χ0n) is 13.2. The van der Waals surface area contributed by atoms with E-state index in [0.29, 0.717) is 10.8 Å². The number of fused-ring (bicyclic) bond motifs is 3. The van der Waals surface area contributed by atoms with E-state index >= 15 is 0 Å². The minimum Gasteiger partial charge on any atom is -0.0620 e. The molecule has 1 fully saturated rings. The molecule has 2 aliphatic carbocycles. The van der Waals surface area contributed by atoms with Gasteiger partial charge in [-0.25, -0.2) is 0 Å². The van der Waals surface area contributed by atoms with Gasteiger partial charge in [0.1, 0.15) is 0 Å². The lowest BCUT2D eigenvalue weighted by atomic mass is 9.47. The molecule has 0 bridgehead atoms. The molecule has 3 rings (SSSR count). The Bertz CT molecular complexity index is 497. The molecule has 0 heteroatoms. The Morgan fingerprint density at radius 1 is 1.11 bits per heavy atom. The summed E-state index contributed by atoms with van der Waals surface area (Å²) in [6, 6.07) is 7.16. The Hall–Kier alpha value is -0.780. The molecule has 0 saturated heterocycles. The van der Waals surface area contributed by atoms with Gasteiger partial charge in [0.25, 0.3) is 0 Å². The molecule has 2 aliphatic rings. The molecule has 19 heavy (non-hydrogen) atoms. The Morgan fingerprint density at radius 2 is 1.84 bits per heavy atom. The van der Waals surface area contributed by atoms with Crippen LogP contribution in [0.4, 0.5) is 0 Å². The van der Waals surface area contributed by atoms with Crippen LogP contribution in [-0.2, 0) is 11.8 Å². The number of hydrogen-bond acceptors (Lipinski definition) is 0. The first kappa shape index (κ1) is 13.2. The maximum absolute atomic E-state index is 2.54. The maximum atomic E-state index is 2.54. The molecular formula is C19H28. The van der Waals surface area contributed by atoms with Crippen LogP contribution in [0.5, 0.6) is 0 Å². The zero-order chi connectivity index (χ0) is 13.8. The molecule has 0 N–H and O–H groups in total. The molecule has 0 aliphatic heterocycles. The van der Waals surface area contributed by atoms with Crippen molar-refractivity contribution < 1.29 is 0 Å². The molecule has 0 amide bonds. The van der Waals surface area contributed by atoms with Gasteiger partial charge in [0.05, 0.1) is 0 Å². The summed E-state index contributed by atoms with van der Waals surface area (Å²) in [6.07, 6.45) is 5.42. The van der Waals surface area contributed by atoms with Crippen molar-refractivity contribution in [3.63, 3.8) is 0 Å². The van der Waals surface area contributed by atoms with E-state index in [1.165, 1.54) is 31.2 Å². The van der Waals surface area contributed by atoms with Crippen LogP contribution in [0.2, 0.25) is 0 Å². The molecule has 3 unspecified atom stereocenters. The molecule has 0 nitrogen and oxygen atoms in total. The summed E-state index contributed by atoms with van der Waals surface area (Å²) in [5, 5.41) is 0. The van der Waals surface area contributed by atoms with Crippen LogP contribution in [0.25, 0.3) is 0 Å². The van der Waals surface area contributed by atoms with E-state index in [-0.39, 0.29) is 0 Å². The molecular weight excluding hydrogens is 228 g/mol. The van der Waals surface area contributed by atoms with Gasteiger partial charge >= 0.3 is 0 Å². The van der Waals surface area contributed by atoms with Crippen LogP contribution < -0.4 is 0 Å². The van der Waals surface area contributed by atoms with Crippen molar-refractivity contribution in [1.29, 1.82) is 0 Å². The predicted octanol–water partition coefficient (Wildman–Crippen LogP) is 5.27. The fraction of sp³-hybridized carbons (Fsp3) is 0.684. The van der Waals surface area contributed by atoms with Gasteiger partial charge in [-0.1, -0.05) is 51.5 Å². The monoisotopic (exact) mass is 256 g/mol. The molecule has 3 atom stereocenters. The highest BCUT2D eigenvalue weighted by Crippen LogP contribution is 2.58. The van der Waals surface area contributed by atoms with Crippen molar-refractivity contribution in [2.24, 2.45) is 17.3 Å². The summed E-state index contributed by atoms with van der Waals surface area (Å²) in [6.45, 7) is 12.3. The molecule has 1 saturated carbocycles. The molecule has 1 aromatic carbocycles. The first-order chi connectivity index (χ1) is 8.85. The van der Waals surface area contributed by atoms with E-state index < -0.39 is 0 Å². The number of hydrogen-bond donors (Lipinski definition) is 0. The zero-order valence-corrected chi connectivity index (χ0v) is 13.2. The summed E-state index contributed by atoms with van der Waals surface area (Å²) in [5.74, 6) is 1.70. The Morgan fingerprint density at radius 3 is 2.58 bits per heavy atom. The van der Waals surface area contributed by atoms with Gasteiger partial charge in [0.15, 0.2) is 0 Å². The Labute approximate surface area is 118 Å². The van der Waals surface area contributed by atoms with Crippen LogP contribution in [0.15, 0.2) is 18.2 Å². The van der Waals surface area contributed by atoms with Crippen molar-refractivity contribution in [2.45, 2.75) is 65.7 Å². The van der Waals surface area contributed by atoms with Gasteiger partial charge in [-0.05, 0) is 66.4 Å². The van der Waals surface area contributed by atoms with Crippen molar-refractivity contribution in [2.75, 3.05) is 0 Å². The Balaban J connectivity index is 2.12. The van der Waals surface area contributed by atoms with E-state index in [0.717, 1.165) is 11.8 Å². The van der Waals surface area contributed by atoms with Crippen LogP contribution in [0, 0.1) is 24.2 Å². The van der Waals surface area contributed by atoms with Crippen LogP contribution in [0.1, 0.15) is 63.6 Å². The molecule has 0 spiro atoms. The largest absolute Gasteiger partial charge is 0.0620 e. The van der Waals surface area contributed by atoms with E-state index in [9.17, 15) is 0 Å². The van der Waals surface area contributed by atoms with Gasteiger partial charge in [-0.3, -0.25) is 0 Å². The highest BCUT2D eigenvalue weighted by atomic mass is 14.6. The van der Waals surface area contributed by atoms with E-state index in [1.807, 2.05) is 0 Å². The van der Waals surface area contributed by atoms with E-state index in [4.69, 9.17) is 0 Å². The maximum Gasteiger partial charge on any atom is -0.00388 e. The third-order valence-electron chi connectivity index (χ3n) is 6.62. The Kier molecular flexibility index (Phi) is 2.86. The summed E-state index contributed by atoms with van der Waals surface area (Å²) >= 11 is 0. The second-order valence-electron chi connectivity index (χ2n) is 7.93. The van der Waals surface area contributed by atoms with Gasteiger partial charge < -0.3 is 0 Å². The third-order valence-corrected chi connectivity index (χ3v) is 6.62. The van der Waals surface area contributed by atoms with Crippen molar-refractivity contribution in [1.82, 2.24) is 0 Å². The topological polar surface area (TPSA) is 0 Å². The number of aryl methyl sites for hydroxylation is 2. The summed E-state index contributed by atoms with van der Waals surface area (Å²) in [7, 11) is 0. The van der Waals surface area contributed by atoms with Gasteiger partial charge in [-0.15, -0.1) is 0 Å². The average molecular weight is 256 g/mol. The van der Waals surface area contributed by atoms with Crippen LogP contribution >= 0.6 is 0 Å². The predicted molar refractivity (Wildman–Crippen MR) is 82.5 cm³/mol. The quantitative estimate of drug-likeness (QED) is 0.593. The van der Waals surface area contributed by atoms with E-state index in [1.54, 1.807) is 11.1 Å². The summed E-state index contributed by atoms with van der Waals surface area (Å²) in [5.41, 5.74) is 5.61. The minimum atomic E-state index is 0.412. The number of rotatable bonds is 0. The molecule has 0 heterocycles. The summed E-state index contributed by atoms with van der Waals surface area (Å²) in [4.78, 5) is 0. The average Bonchev–Trinajstić information content (AvgIpc) is 2.35. The van der Waals surface area contributed by atoms with E-state index in [2.05, 4.69) is 52.8 Å². The summed E-state index contributed by atoms with van der Waals surface area (Å²) < 4.78 is 0. The SMILES string of the molecule is Cc1ccc2c(c1)C1(C)CCC(C)C(C)(C)C1CC2. The lowest BCUT2D eigenvalue weighted by Crippen LogP contribution is -2.51. The van der Waals surface area contributed by atoms with Gasteiger partial charge in [0.2, 0.25) is 0 Å². The van der Waals surface area contributed by atoms with Crippen molar-refractivity contribution in [3.8, 4) is 0 Å². The number of benzene rings is 1. The van der Waals surface area contributed by atoms with Crippen molar-refractivity contribution in [3.05, 3.63) is 34.9 Å². The fourth-order valence-corrected chi connectivity index (χ4v) is 4.98. The molecule has 0 radical (unpaired) electrons. The highest BCUT2D eigenvalue weighted by molar-refractivity contribution is 5.41. The molecule has 1 aromatic rings. The standard InChI is InChI=1S/C19H28/c1-13-6-7-15-8-9-17-18(3,4)14(2)10-11-19(17,5)16(15)12-13/h6-7,12,14,17H,8-11H2,1-5H3. The van der Waals surface area contributed by atoms with Crippen LogP contribution in [-0.4, -0.2) is 0 Å². The molecule has 104 valence electrons. The van der Waals surface area contributed by atoms with Crippen LogP contribution in [0.3, 0.4) is 0 Å². The minimum absolute atomic E-state index is 0.412. The first-order valence-electron chi connectivity index (χ1n) is 7.96. The second kappa shape index (κ2) is 4.11. The highest BCUT2D eigenvalue weighted by Gasteiger charge is 2.52. The van der Waals surface area contributed by atoms with Crippen molar-refractivity contribution >= 4 is 0 Å². The van der Waals surface area contributed by atoms with Gasteiger partial charge in [-0.2, -0.15) is 0 Å². The smallest absolute Gasteiger partial charge is 0.00388 e. The molecule has 0 aromatic heterocycles. The third kappa shape index (κ3) is 1.79.